The maximum atomic E-state index is 10.7. The highest BCUT2D eigenvalue weighted by atomic mass is 16.3. The van der Waals surface area contributed by atoms with Crippen molar-refractivity contribution in [2.24, 2.45) is 22.5 Å². The van der Waals surface area contributed by atoms with Crippen LogP contribution in [0.4, 0.5) is 0 Å². The first-order valence-electron chi connectivity index (χ1n) is 7.53. The second kappa shape index (κ2) is 5.78. The average Bonchev–Trinajstić information content (AvgIpc) is 2.46. The van der Waals surface area contributed by atoms with Gasteiger partial charge in [0.1, 0.15) is 12.4 Å². The zero-order valence-electron chi connectivity index (χ0n) is 12.8. The average molecular weight is 277 g/mol. The second-order valence-corrected chi connectivity index (χ2v) is 7.24. The molecule has 0 spiro atoms. The molecule has 1 aliphatic rings. The summed E-state index contributed by atoms with van der Waals surface area (Å²) in [5, 5.41) is 10.7. The molecular formula is C16H27N3O. The van der Waals surface area contributed by atoms with E-state index in [0.29, 0.717) is 23.6 Å². The molecule has 0 saturated heterocycles. The van der Waals surface area contributed by atoms with Gasteiger partial charge in [-0.05, 0) is 43.1 Å². The fourth-order valence-corrected chi connectivity index (χ4v) is 3.42. The van der Waals surface area contributed by atoms with Crippen LogP contribution in [0.3, 0.4) is 0 Å². The third kappa shape index (κ3) is 3.01. The van der Waals surface area contributed by atoms with E-state index in [1.807, 2.05) is 0 Å². The quantitative estimate of drug-likeness (QED) is 0.891. The predicted octanol–water partition coefficient (Wildman–Crippen LogP) is 2.69. The molecule has 1 atom stereocenters. The SMILES string of the molecule is CC(C)(C)C1CCC(CN)(C(O)c2ccncn2)CC1. The molecule has 0 aliphatic heterocycles. The van der Waals surface area contributed by atoms with Gasteiger partial charge in [0.25, 0.3) is 0 Å². The largest absolute Gasteiger partial charge is 0.386 e. The van der Waals surface area contributed by atoms with E-state index in [1.165, 1.54) is 6.33 Å². The summed E-state index contributed by atoms with van der Waals surface area (Å²) >= 11 is 0. The molecule has 1 aromatic heterocycles. The highest BCUT2D eigenvalue weighted by Gasteiger charge is 2.43. The normalized spacial score (nSPS) is 29.1. The first-order valence-corrected chi connectivity index (χ1v) is 7.53. The second-order valence-electron chi connectivity index (χ2n) is 7.24. The number of nitrogens with two attached hydrogens (primary N) is 1. The number of rotatable bonds is 3. The molecule has 1 fully saturated rings. The predicted molar refractivity (Wildman–Crippen MR) is 79.9 cm³/mol. The Labute approximate surface area is 121 Å². The summed E-state index contributed by atoms with van der Waals surface area (Å²) in [7, 11) is 0. The Morgan fingerprint density at radius 1 is 1.40 bits per heavy atom. The summed E-state index contributed by atoms with van der Waals surface area (Å²) in [6.45, 7) is 7.41. The van der Waals surface area contributed by atoms with Crippen LogP contribution < -0.4 is 5.73 Å². The lowest BCUT2D eigenvalue weighted by atomic mass is 9.62. The van der Waals surface area contributed by atoms with E-state index in [0.717, 1.165) is 25.7 Å². The number of hydrogen-bond donors (Lipinski definition) is 2. The molecule has 0 radical (unpaired) electrons. The fourth-order valence-electron chi connectivity index (χ4n) is 3.42. The summed E-state index contributed by atoms with van der Waals surface area (Å²) in [5.74, 6) is 0.708. The van der Waals surface area contributed by atoms with E-state index in [4.69, 9.17) is 5.73 Å². The molecule has 1 saturated carbocycles. The van der Waals surface area contributed by atoms with Crippen molar-refractivity contribution in [2.75, 3.05) is 6.54 Å². The Balaban J connectivity index is 2.13. The third-order valence-electron chi connectivity index (χ3n) is 5.08. The number of aromatic nitrogens is 2. The minimum absolute atomic E-state index is 0.226. The van der Waals surface area contributed by atoms with Gasteiger partial charge in [0.15, 0.2) is 0 Å². The molecule has 4 heteroatoms. The summed E-state index contributed by atoms with van der Waals surface area (Å²) in [6.07, 6.45) is 6.77. The first kappa shape index (κ1) is 15.4. The molecule has 2 rings (SSSR count). The Morgan fingerprint density at radius 2 is 2.05 bits per heavy atom. The van der Waals surface area contributed by atoms with Crippen LogP contribution in [-0.2, 0) is 0 Å². The Kier molecular flexibility index (Phi) is 4.45. The monoisotopic (exact) mass is 277 g/mol. The van der Waals surface area contributed by atoms with Crippen molar-refractivity contribution in [2.45, 2.75) is 52.6 Å². The molecule has 0 aromatic carbocycles. The van der Waals surface area contributed by atoms with Crippen molar-refractivity contribution in [1.82, 2.24) is 9.97 Å². The van der Waals surface area contributed by atoms with Gasteiger partial charge in [0.2, 0.25) is 0 Å². The van der Waals surface area contributed by atoms with Crippen LogP contribution in [0.25, 0.3) is 0 Å². The van der Waals surface area contributed by atoms with E-state index in [1.54, 1.807) is 12.3 Å². The maximum absolute atomic E-state index is 10.7. The van der Waals surface area contributed by atoms with Crippen LogP contribution in [0.1, 0.15) is 58.3 Å². The Hall–Kier alpha value is -1.00. The minimum atomic E-state index is -0.587. The fraction of sp³-hybridized carbons (Fsp3) is 0.750. The maximum Gasteiger partial charge on any atom is 0.115 e. The van der Waals surface area contributed by atoms with Gasteiger partial charge < -0.3 is 10.8 Å². The summed E-state index contributed by atoms with van der Waals surface area (Å²) in [4.78, 5) is 8.11. The van der Waals surface area contributed by atoms with Gasteiger partial charge in [0, 0.05) is 18.2 Å². The molecule has 1 unspecified atom stereocenters. The van der Waals surface area contributed by atoms with Crippen molar-refractivity contribution < 1.29 is 5.11 Å². The van der Waals surface area contributed by atoms with Crippen molar-refractivity contribution in [3.63, 3.8) is 0 Å². The molecule has 1 aromatic rings. The van der Waals surface area contributed by atoms with E-state index >= 15 is 0 Å². The molecule has 20 heavy (non-hydrogen) atoms. The molecule has 0 amide bonds. The zero-order chi connectivity index (χ0) is 14.8. The van der Waals surface area contributed by atoms with Crippen molar-refractivity contribution in [3.05, 3.63) is 24.3 Å². The molecule has 4 nitrogen and oxygen atoms in total. The van der Waals surface area contributed by atoms with Gasteiger partial charge in [-0.2, -0.15) is 0 Å². The lowest BCUT2D eigenvalue weighted by Crippen LogP contribution is -2.42. The molecule has 0 bridgehead atoms. The molecule has 112 valence electrons. The Bertz CT molecular complexity index is 419. The topological polar surface area (TPSA) is 72.0 Å². The molecule has 1 aliphatic carbocycles. The highest BCUT2D eigenvalue weighted by molar-refractivity contribution is 5.09. The number of aliphatic hydroxyl groups excluding tert-OH is 1. The van der Waals surface area contributed by atoms with Crippen LogP contribution in [-0.4, -0.2) is 21.6 Å². The molecule has 3 N–H and O–H groups in total. The van der Waals surface area contributed by atoms with Crippen LogP contribution in [0.15, 0.2) is 18.6 Å². The molecular weight excluding hydrogens is 250 g/mol. The van der Waals surface area contributed by atoms with Crippen molar-refractivity contribution in [3.8, 4) is 0 Å². The summed E-state index contributed by atoms with van der Waals surface area (Å²) in [6, 6.07) is 1.79. The van der Waals surface area contributed by atoms with Crippen molar-refractivity contribution >= 4 is 0 Å². The van der Waals surface area contributed by atoms with Gasteiger partial charge in [-0.3, -0.25) is 0 Å². The third-order valence-corrected chi connectivity index (χ3v) is 5.08. The van der Waals surface area contributed by atoms with Gasteiger partial charge in [-0.1, -0.05) is 20.8 Å². The standard InChI is InChI=1S/C16H27N3O/c1-15(2,3)12-4-7-16(10-17,8-5-12)14(20)13-6-9-18-11-19-13/h6,9,11-12,14,20H,4-5,7-8,10,17H2,1-3H3. The van der Waals surface area contributed by atoms with Gasteiger partial charge >= 0.3 is 0 Å². The lowest BCUT2D eigenvalue weighted by Gasteiger charge is -2.45. The van der Waals surface area contributed by atoms with Gasteiger partial charge in [-0.15, -0.1) is 0 Å². The summed E-state index contributed by atoms with van der Waals surface area (Å²) in [5.41, 5.74) is 6.83. The van der Waals surface area contributed by atoms with Crippen molar-refractivity contribution in [1.29, 1.82) is 0 Å². The smallest absolute Gasteiger partial charge is 0.115 e. The van der Waals surface area contributed by atoms with E-state index in [2.05, 4.69) is 30.7 Å². The Morgan fingerprint density at radius 3 is 2.50 bits per heavy atom. The van der Waals surface area contributed by atoms with Gasteiger partial charge in [0.05, 0.1) is 5.69 Å². The number of nitrogens with zero attached hydrogens (tertiary/aromatic N) is 2. The van der Waals surface area contributed by atoms with E-state index in [9.17, 15) is 5.11 Å². The zero-order valence-corrected chi connectivity index (χ0v) is 12.8. The van der Waals surface area contributed by atoms with E-state index in [-0.39, 0.29) is 5.41 Å². The number of hydrogen-bond acceptors (Lipinski definition) is 4. The van der Waals surface area contributed by atoms with E-state index < -0.39 is 6.10 Å². The van der Waals surface area contributed by atoms with Crippen LogP contribution in [0, 0.1) is 16.7 Å². The van der Waals surface area contributed by atoms with Gasteiger partial charge in [-0.25, -0.2) is 9.97 Å². The van der Waals surface area contributed by atoms with Crippen LogP contribution in [0.2, 0.25) is 0 Å². The van der Waals surface area contributed by atoms with Crippen LogP contribution in [0.5, 0.6) is 0 Å². The highest BCUT2D eigenvalue weighted by Crippen LogP contribution is 2.50. The minimum Gasteiger partial charge on any atom is -0.386 e. The lowest BCUT2D eigenvalue weighted by molar-refractivity contribution is -0.0257. The number of aliphatic hydroxyl groups is 1. The summed E-state index contributed by atoms with van der Waals surface area (Å²) < 4.78 is 0. The van der Waals surface area contributed by atoms with Crippen LogP contribution >= 0.6 is 0 Å². The first-order chi connectivity index (χ1) is 9.39. The molecule has 1 heterocycles.